The Morgan fingerprint density at radius 1 is 1.73 bits per heavy atom. The van der Waals surface area contributed by atoms with Crippen LogP contribution in [0.4, 0.5) is 0 Å². The molecule has 1 saturated heterocycles. The number of amides is 1. The molecule has 1 aromatic heterocycles. The lowest BCUT2D eigenvalue weighted by Gasteiger charge is -2.22. The van der Waals surface area contributed by atoms with Crippen molar-refractivity contribution in [2.75, 3.05) is 13.2 Å². The van der Waals surface area contributed by atoms with Crippen LogP contribution in [0.15, 0.2) is 16.7 Å². The fraction of sp³-hybridized carbons (Fsp3) is 0.545. The molecule has 1 aliphatic rings. The molecule has 1 amide bonds. The molecule has 0 aliphatic carbocycles. The van der Waals surface area contributed by atoms with E-state index in [1.165, 1.54) is 6.26 Å². The molecule has 2 rings (SSSR count). The Bertz CT molecular complexity index is 358. The number of aryl methyl sites for hydroxylation is 1. The Kier molecular flexibility index (Phi) is 2.77. The highest BCUT2D eigenvalue weighted by Crippen LogP contribution is 2.21. The molecule has 0 aromatic carbocycles. The number of furan rings is 1. The van der Waals surface area contributed by atoms with Crippen molar-refractivity contribution in [2.45, 2.75) is 25.8 Å². The minimum absolute atomic E-state index is 0.0215. The van der Waals surface area contributed by atoms with Gasteiger partial charge in [0.05, 0.1) is 24.5 Å². The SMILES string of the molecule is Cc1occc1C(=O)N1CCCC1CO. The normalized spacial score (nSPS) is 20.9. The molecule has 4 nitrogen and oxygen atoms in total. The first-order chi connectivity index (χ1) is 7.24. The summed E-state index contributed by atoms with van der Waals surface area (Å²) >= 11 is 0. The fourth-order valence-electron chi connectivity index (χ4n) is 2.05. The third-order valence-corrected chi connectivity index (χ3v) is 2.94. The van der Waals surface area contributed by atoms with E-state index in [9.17, 15) is 4.79 Å². The lowest BCUT2D eigenvalue weighted by Crippen LogP contribution is -2.37. The molecule has 1 N–H and O–H groups in total. The lowest BCUT2D eigenvalue weighted by molar-refractivity contribution is 0.0676. The number of hydrogen-bond acceptors (Lipinski definition) is 3. The first-order valence-corrected chi connectivity index (χ1v) is 5.20. The molecular formula is C11H15NO3. The number of carbonyl (C=O) groups excluding carboxylic acids is 1. The number of likely N-dealkylation sites (tertiary alicyclic amines) is 1. The quantitative estimate of drug-likeness (QED) is 0.795. The second-order valence-electron chi connectivity index (χ2n) is 3.87. The summed E-state index contributed by atoms with van der Waals surface area (Å²) in [6.07, 6.45) is 3.37. The van der Waals surface area contributed by atoms with E-state index in [4.69, 9.17) is 9.52 Å². The Balaban J connectivity index is 2.18. The van der Waals surface area contributed by atoms with Gasteiger partial charge in [-0.3, -0.25) is 4.79 Å². The Morgan fingerprint density at radius 2 is 2.53 bits per heavy atom. The number of rotatable bonds is 2. The largest absolute Gasteiger partial charge is 0.469 e. The topological polar surface area (TPSA) is 53.7 Å². The predicted octanol–water partition coefficient (Wildman–Crippen LogP) is 1.18. The third-order valence-electron chi connectivity index (χ3n) is 2.94. The van der Waals surface area contributed by atoms with E-state index in [0.29, 0.717) is 11.3 Å². The van der Waals surface area contributed by atoms with Gasteiger partial charge in [-0.15, -0.1) is 0 Å². The predicted molar refractivity (Wildman–Crippen MR) is 54.6 cm³/mol. The lowest BCUT2D eigenvalue weighted by atomic mass is 10.2. The molecule has 2 heterocycles. The number of carbonyl (C=O) groups is 1. The van der Waals surface area contributed by atoms with Crippen LogP contribution in [0.2, 0.25) is 0 Å². The maximum absolute atomic E-state index is 12.1. The minimum Gasteiger partial charge on any atom is -0.469 e. The zero-order chi connectivity index (χ0) is 10.8. The van der Waals surface area contributed by atoms with Gasteiger partial charge in [-0.25, -0.2) is 0 Å². The number of aliphatic hydroxyl groups is 1. The van der Waals surface area contributed by atoms with Gasteiger partial charge >= 0.3 is 0 Å². The van der Waals surface area contributed by atoms with Crippen LogP contribution in [0.3, 0.4) is 0 Å². The monoisotopic (exact) mass is 209 g/mol. The van der Waals surface area contributed by atoms with Crippen LogP contribution >= 0.6 is 0 Å². The Hall–Kier alpha value is -1.29. The second kappa shape index (κ2) is 4.06. The van der Waals surface area contributed by atoms with Gasteiger partial charge in [0.1, 0.15) is 5.76 Å². The maximum atomic E-state index is 12.1. The van der Waals surface area contributed by atoms with E-state index >= 15 is 0 Å². The van der Waals surface area contributed by atoms with Crippen LogP contribution < -0.4 is 0 Å². The fourth-order valence-corrected chi connectivity index (χ4v) is 2.05. The van der Waals surface area contributed by atoms with Gasteiger partial charge in [-0.05, 0) is 25.8 Å². The molecule has 0 saturated carbocycles. The smallest absolute Gasteiger partial charge is 0.257 e. The van der Waals surface area contributed by atoms with Crippen LogP contribution in [0, 0.1) is 6.92 Å². The second-order valence-corrected chi connectivity index (χ2v) is 3.87. The molecule has 1 fully saturated rings. The summed E-state index contributed by atoms with van der Waals surface area (Å²) in [5, 5.41) is 9.13. The summed E-state index contributed by atoms with van der Waals surface area (Å²) in [6, 6.07) is 1.66. The highest BCUT2D eigenvalue weighted by Gasteiger charge is 2.29. The summed E-state index contributed by atoms with van der Waals surface area (Å²) in [6.45, 7) is 2.55. The van der Waals surface area contributed by atoms with E-state index in [0.717, 1.165) is 19.4 Å². The Morgan fingerprint density at radius 3 is 3.13 bits per heavy atom. The van der Waals surface area contributed by atoms with E-state index in [1.54, 1.807) is 17.9 Å². The first kappa shape index (κ1) is 10.2. The summed E-state index contributed by atoms with van der Waals surface area (Å²) in [5.41, 5.74) is 0.607. The van der Waals surface area contributed by atoms with Gasteiger partial charge in [-0.1, -0.05) is 0 Å². The van der Waals surface area contributed by atoms with Crippen LogP contribution in [0.5, 0.6) is 0 Å². The van der Waals surface area contributed by atoms with Gasteiger partial charge < -0.3 is 14.4 Å². The van der Waals surface area contributed by atoms with Crippen molar-refractivity contribution >= 4 is 5.91 Å². The molecule has 1 atom stereocenters. The van der Waals surface area contributed by atoms with Crippen molar-refractivity contribution in [3.63, 3.8) is 0 Å². The average molecular weight is 209 g/mol. The van der Waals surface area contributed by atoms with E-state index in [2.05, 4.69) is 0 Å². The van der Waals surface area contributed by atoms with Crippen molar-refractivity contribution < 1.29 is 14.3 Å². The molecule has 1 unspecified atom stereocenters. The van der Waals surface area contributed by atoms with Gasteiger partial charge in [-0.2, -0.15) is 0 Å². The highest BCUT2D eigenvalue weighted by atomic mass is 16.3. The van der Waals surface area contributed by atoms with E-state index in [1.807, 2.05) is 0 Å². The third kappa shape index (κ3) is 1.77. The van der Waals surface area contributed by atoms with Gasteiger partial charge in [0.25, 0.3) is 5.91 Å². The van der Waals surface area contributed by atoms with Gasteiger partial charge in [0, 0.05) is 6.54 Å². The van der Waals surface area contributed by atoms with Crippen molar-refractivity contribution in [1.29, 1.82) is 0 Å². The number of hydrogen-bond donors (Lipinski definition) is 1. The van der Waals surface area contributed by atoms with Crippen molar-refractivity contribution in [2.24, 2.45) is 0 Å². The Labute approximate surface area is 88.5 Å². The summed E-state index contributed by atoms with van der Waals surface area (Å²) in [5.74, 6) is 0.612. The van der Waals surface area contributed by atoms with Gasteiger partial charge in [0.15, 0.2) is 0 Å². The average Bonchev–Trinajstić information content (AvgIpc) is 2.84. The molecule has 0 radical (unpaired) electrons. The highest BCUT2D eigenvalue weighted by molar-refractivity contribution is 5.95. The van der Waals surface area contributed by atoms with Crippen LogP contribution in [-0.2, 0) is 0 Å². The molecule has 0 spiro atoms. The standard InChI is InChI=1S/C11H15NO3/c1-8-10(4-6-15-8)11(14)12-5-2-3-9(12)7-13/h4,6,9,13H,2-3,5,7H2,1H3. The zero-order valence-corrected chi connectivity index (χ0v) is 8.77. The van der Waals surface area contributed by atoms with Gasteiger partial charge in [0.2, 0.25) is 0 Å². The molecule has 1 aromatic rings. The van der Waals surface area contributed by atoms with Crippen molar-refractivity contribution in [3.05, 3.63) is 23.7 Å². The van der Waals surface area contributed by atoms with Crippen LogP contribution in [0.25, 0.3) is 0 Å². The van der Waals surface area contributed by atoms with E-state index in [-0.39, 0.29) is 18.6 Å². The summed E-state index contributed by atoms with van der Waals surface area (Å²) in [7, 11) is 0. The molecule has 82 valence electrons. The molecular weight excluding hydrogens is 194 g/mol. The summed E-state index contributed by atoms with van der Waals surface area (Å²) in [4.78, 5) is 13.8. The van der Waals surface area contributed by atoms with Crippen molar-refractivity contribution in [3.8, 4) is 0 Å². The summed E-state index contributed by atoms with van der Waals surface area (Å²) < 4.78 is 5.10. The van der Waals surface area contributed by atoms with Crippen LogP contribution in [-0.4, -0.2) is 35.1 Å². The first-order valence-electron chi connectivity index (χ1n) is 5.20. The number of nitrogens with zero attached hydrogens (tertiary/aromatic N) is 1. The zero-order valence-electron chi connectivity index (χ0n) is 8.77. The molecule has 1 aliphatic heterocycles. The van der Waals surface area contributed by atoms with E-state index < -0.39 is 0 Å². The number of aliphatic hydroxyl groups excluding tert-OH is 1. The molecule has 4 heteroatoms. The van der Waals surface area contributed by atoms with Crippen LogP contribution in [0.1, 0.15) is 29.0 Å². The minimum atomic E-state index is -0.0298. The maximum Gasteiger partial charge on any atom is 0.257 e. The molecule has 0 bridgehead atoms. The van der Waals surface area contributed by atoms with Crippen molar-refractivity contribution in [1.82, 2.24) is 4.90 Å². The molecule has 15 heavy (non-hydrogen) atoms.